The van der Waals surface area contributed by atoms with Crippen molar-refractivity contribution in [1.29, 1.82) is 0 Å². The normalized spacial score (nSPS) is 15.3. The molecule has 3 aromatic carbocycles. The van der Waals surface area contributed by atoms with Gasteiger partial charge < -0.3 is 4.90 Å². The van der Waals surface area contributed by atoms with Crippen molar-refractivity contribution in [3.8, 4) is 0 Å². The molecular weight excluding hydrogens is 588 g/mol. The molecule has 0 saturated carbocycles. The number of likely N-dealkylation sites (N-methyl/N-ethyl adjacent to an activating group) is 1. The monoisotopic (exact) mass is 618 g/mol. The van der Waals surface area contributed by atoms with E-state index in [1.165, 1.54) is 32.1 Å². The SMILES string of the molecule is C1=C=[C-]C(P(c2ccccc2)c2ccccc2)=C=1.CC(C1=C=C=C=C1P(C1=C[CH]C=C[CH-]1)c1ccccc1)N(C)C.[Fe+2]. The van der Waals surface area contributed by atoms with Gasteiger partial charge in [0.05, 0.1) is 0 Å². The Morgan fingerprint density at radius 2 is 1.31 bits per heavy atom. The van der Waals surface area contributed by atoms with E-state index in [1.807, 2.05) is 12.1 Å². The van der Waals surface area contributed by atoms with Crippen LogP contribution in [0.15, 0.2) is 165 Å². The van der Waals surface area contributed by atoms with E-state index in [0.717, 1.165) is 5.31 Å². The second-order valence-electron chi connectivity index (χ2n) is 9.64. The minimum Gasteiger partial charge on any atom is -0.302 e. The zero-order valence-corrected chi connectivity index (χ0v) is 26.7. The van der Waals surface area contributed by atoms with Crippen molar-refractivity contribution in [1.82, 2.24) is 4.90 Å². The molecule has 42 heavy (non-hydrogen) atoms. The molecule has 2 unspecified atom stereocenters. The van der Waals surface area contributed by atoms with E-state index in [0.29, 0.717) is 6.04 Å². The van der Waals surface area contributed by atoms with Crippen molar-refractivity contribution in [3.63, 3.8) is 0 Å². The topological polar surface area (TPSA) is 3.24 Å². The molecule has 0 N–H and O–H groups in total. The van der Waals surface area contributed by atoms with E-state index < -0.39 is 15.8 Å². The maximum atomic E-state index is 3.36. The van der Waals surface area contributed by atoms with E-state index in [-0.39, 0.29) is 17.1 Å². The number of benzene rings is 3. The van der Waals surface area contributed by atoms with Gasteiger partial charge >= 0.3 is 17.1 Å². The van der Waals surface area contributed by atoms with Crippen LogP contribution in [0.5, 0.6) is 0 Å². The Balaban J connectivity index is 0.000000193. The first-order chi connectivity index (χ1) is 20.1. The summed E-state index contributed by atoms with van der Waals surface area (Å²) in [5.41, 5.74) is 19.8. The van der Waals surface area contributed by atoms with Crippen LogP contribution in [-0.4, -0.2) is 25.0 Å². The van der Waals surface area contributed by atoms with E-state index in [1.54, 1.807) is 0 Å². The molecule has 1 radical (unpaired) electrons. The number of allylic oxidation sites excluding steroid dienone is 6. The molecule has 0 spiro atoms. The summed E-state index contributed by atoms with van der Waals surface area (Å²) in [6.45, 7) is 2.21. The van der Waals surface area contributed by atoms with E-state index in [4.69, 9.17) is 0 Å². The zero-order valence-electron chi connectivity index (χ0n) is 23.8. The smallest absolute Gasteiger partial charge is 0.302 e. The van der Waals surface area contributed by atoms with Gasteiger partial charge in [0.25, 0.3) is 0 Å². The van der Waals surface area contributed by atoms with Gasteiger partial charge in [-0.15, -0.1) is 17.8 Å². The summed E-state index contributed by atoms with van der Waals surface area (Å²) in [5, 5.41) is 7.58. The molecule has 6 rings (SSSR count). The Bertz CT molecular complexity index is 1690. The summed E-state index contributed by atoms with van der Waals surface area (Å²) in [4.78, 5) is 2.21. The van der Waals surface area contributed by atoms with E-state index in [9.17, 15) is 0 Å². The third-order valence-electron chi connectivity index (χ3n) is 6.75. The van der Waals surface area contributed by atoms with Crippen molar-refractivity contribution < 1.29 is 17.1 Å². The molecule has 0 amide bonds. The Morgan fingerprint density at radius 3 is 1.79 bits per heavy atom. The van der Waals surface area contributed by atoms with Gasteiger partial charge in [0.2, 0.25) is 0 Å². The molecule has 0 heterocycles. The van der Waals surface area contributed by atoms with Gasteiger partial charge in [-0.25, -0.2) is 5.73 Å². The van der Waals surface area contributed by atoms with Gasteiger partial charge in [0.1, 0.15) is 0 Å². The molecule has 0 saturated heterocycles. The molecule has 3 aliphatic rings. The summed E-state index contributed by atoms with van der Waals surface area (Å²) >= 11 is 0. The van der Waals surface area contributed by atoms with Crippen LogP contribution in [0.2, 0.25) is 0 Å². The van der Waals surface area contributed by atoms with Crippen molar-refractivity contribution in [2.24, 2.45) is 0 Å². The minimum absolute atomic E-state index is 0. The third-order valence-corrected chi connectivity index (χ3v) is 11.5. The maximum absolute atomic E-state index is 3.36. The van der Waals surface area contributed by atoms with Crippen LogP contribution in [0.3, 0.4) is 0 Å². The molecule has 0 aromatic heterocycles. The van der Waals surface area contributed by atoms with Crippen molar-refractivity contribution in [3.05, 3.63) is 184 Å². The molecule has 2 atom stereocenters. The summed E-state index contributed by atoms with van der Waals surface area (Å²) < 4.78 is 0. The van der Waals surface area contributed by atoms with Crippen LogP contribution in [0.4, 0.5) is 0 Å². The fourth-order valence-electron chi connectivity index (χ4n) is 4.47. The van der Waals surface area contributed by atoms with Gasteiger partial charge in [0.15, 0.2) is 0 Å². The van der Waals surface area contributed by atoms with Crippen LogP contribution >= 0.6 is 15.8 Å². The fourth-order valence-corrected chi connectivity index (χ4v) is 8.96. The summed E-state index contributed by atoms with van der Waals surface area (Å²) in [5.74, 6) is 0. The molecule has 205 valence electrons. The van der Waals surface area contributed by atoms with Gasteiger partial charge in [0, 0.05) is 16.9 Å². The molecular formula is C38H30FeNP2. The van der Waals surface area contributed by atoms with E-state index in [2.05, 4.69) is 176 Å². The Labute approximate surface area is 263 Å². The summed E-state index contributed by atoms with van der Waals surface area (Å²) in [6, 6.07) is 32.0. The quantitative estimate of drug-likeness (QED) is 0.109. The van der Waals surface area contributed by atoms with Crippen molar-refractivity contribution in [2.75, 3.05) is 14.1 Å². The van der Waals surface area contributed by atoms with Crippen molar-refractivity contribution >= 4 is 31.8 Å². The summed E-state index contributed by atoms with van der Waals surface area (Å²) in [7, 11) is 2.99. The average molecular weight is 618 g/mol. The van der Waals surface area contributed by atoms with Crippen LogP contribution in [0, 0.1) is 18.9 Å². The Morgan fingerprint density at radius 1 is 0.738 bits per heavy atom. The van der Waals surface area contributed by atoms with Crippen molar-refractivity contribution in [2.45, 2.75) is 13.0 Å². The molecule has 3 aromatic rings. The van der Waals surface area contributed by atoms with E-state index >= 15 is 0 Å². The average Bonchev–Trinajstić information content (AvgIpc) is 3.73. The first-order valence-corrected chi connectivity index (χ1v) is 16.2. The van der Waals surface area contributed by atoms with Crippen LogP contribution in [-0.2, 0) is 17.1 Å². The third kappa shape index (κ3) is 7.66. The second kappa shape index (κ2) is 15.7. The maximum Gasteiger partial charge on any atom is 2.00 e. The van der Waals surface area contributed by atoms with Crippen LogP contribution < -0.4 is 15.9 Å². The van der Waals surface area contributed by atoms with Gasteiger partial charge in [-0.3, -0.25) is 11.5 Å². The van der Waals surface area contributed by atoms with Gasteiger partial charge in [-0.05, 0) is 58.5 Å². The number of hydrogen-bond donors (Lipinski definition) is 0. The predicted octanol–water partition coefficient (Wildman–Crippen LogP) is 7.62. The first kappa shape index (κ1) is 31.4. The van der Waals surface area contributed by atoms with Crippen LogP contribution in [0.25, 0.3) is 0 Å². The minimum atomic E-state index is -0.632. The second-order valence-corrected chi connectivity index (χ2v) is 13.9. The predicted molar refractivity (Wildman–Crippen MR) is 176 cm³/mol. The van der Waals surface area contributed by atoms with Gasteiger partial charge in [-0.2, -0.15) is 24.6 Å². The fraction of sp³-hybridized carbons (Fsp3) is 0.105. The molecule has 0 fully saturated rings. The molecule has 0 aliphatic heterocycles. The number of rotatable bonds is 8. The largest absolute Gasteiger partial charge is 2.00 e. The molecule has 3 aliphatic carbocycles. The summed E-state index contributed by atoms with van der Waals surface area (Å²) in [6.07, 6.45) is 13.8. The molecule has 1 nitrogen and oxygen atoms in total. The standard InChI is InChI=1S/C21H20NP.C17H10P.Fe/c1-17(22(2)3)20-15-10-16-21(20)23(18-11-6-4-7-12-18)19-13-8-5-9-14-19;1-3-9-15(10-4-1)18(17-13-7-8-14-17)16-11-5-2-6-12-16;/h4-9,11-14,17H,1-3H3;1-6,9-12H;/q2*-1;+2. The van der Waals surface area contributed by atoms with Crippen LogP contribution in [0.1, 0.15) is 6.92 Å². The first-order valence-electron chi connectivity index (χ1n) is 13.5. The Kier molecular flexibility index (Phi) is 11.7. The number of hydrogen-bond acceptors (Lipinski definition) is 1. The van der Waals surface area contributed by atoms with Gasteiger partial charge in [-0.1, -0.05) is 108 Å². The number of nitrogens with zero attached hydrogens (tertiary/aromatic N) is 1. The molecule has 0 bridgehead atoms. The zero-order chi connectivity index (χ0) is 28.4. The molecule has 4 heteroatoms. The Hall–Kier alpha value is -3.49.